The molecule has 1 rings (SSSR count). The highest BCUT2D eigenvalue weighted by molar-refractivity contribution is 6.36. The molecule has 1 heterocycles. The van der Waals surface area contributed by atoms with Gasteiger partial charge in [0.1, 0.15) is 17.4 Å². The molecule has 1 aromatic heterocycles. The van der Waals surface area contributed by atoms with Gasteiger partial charge in [0.05, 0.1) is 5.02 Å². The molecule has 4 nitrogen and oxygen atoms in total. The second-order valence-electron chi connectivity index (χ2n) is 5.13. The molecule has 19 heavy (non-hydrogen) atoms. The monoisotopic (exact) mass is 305 g/mol. The third-order valence-electron chi connectivity index (χ3n) is 3.01. The third kappa shape index (κ3) is 4.41. The van der Waals surface area contributed by atoms with Crippen molar-refractivity contribution in [2.75, 3.05) is 32.6 Å². The van der Waals surface area contributed by atoms with Gasteiger partial charge in [0.15, 0.2) is 0 Å². The summed E-state index contributed by atoms with van der Waals surface area (Å²) < 4.78 is 5.72. The molecule has 0 aromatic carbocycles. The molecular weight excluding hydrogens is 285 g/mol. The largest absolute Gasteiger partial charge is 0.475 e. The van der Waals surface area contributed by atoms with Crippen molar-refractivity contribution in [1.82, 2.24) is 9.88 Å². The minimum Gasteiger partial charge on any atom is -0.475 e. The molecule has 0 saturated carbocycles. The summed E-state index contributed by atoms with van der Waals surface area (Å²) in [4.78, 5) is 6.39. The average Bonchev–Trinajstić information content (AvgIpc) is 2.31. The van der Waals surface area contributed by atoms with E-state index in [2.05, 4.69) is 29.0 Å². The molecule has 1 N–H and O–H groups in total. The Morgan fingerprint density at radius 2 is 1.95 bits per heavy atom. The van der Waals surface area contributed by atoms with Gasteiger partial charge in [-0.25, -0.2) is 0 Å². The van der Waals surface area contributed by atoms with Crippen LogP contribution in [-0.4, -0.2) is 42.7 Å². The number of pyridine rings is 1. The van der Waals surface area contributed by atoms with Crippen LogP contribution < -0.4 is 10.1 Å². The van der Waals surface area contributed by atoms with Crippen molar-refractivity contribution >= 4 is 29.0 Å². The van der Waals surface area contributed by atoms with E-state index in [1.54, 1.807) is 6.07 Å². The van der Waals surface area contributed by atoms with Gasteiger partial charge in [-0.1, -0.05) is 23.2 Å². The van der Waals surface area contributed by atoms with Gasteiger partial charge in [0, 0.05) is 12.1 Å². The molecule has 0 aliphatic rings. The van der Waals surface area contributed by atoms with Gasteiger partial charge in [-0.2, -0.15) is 4.98 Å². The summed E-state index contributed by atoms with van der Waals surface area (Å²) in [6, 6.07) is 1.64. The van der Waals surface area contributed by atoms with Gasteiger partial charge in [-0.3, -0.25) is 0 Å². The fourth-order valence-corrected chi connectivity index (χ4v) is 1.70. The summed E-state index contributed by atoms with van der Waals surface area (Å²) in [6.07, 6.45) is 0. The molecule has 0 atom stereocenters. The molecule has 0 spiro atoms. The smallest absolute Gasteiger partial charge is 0.234 e. The summed E-state index contributed by atoms with van der Waals surface area (Å²) in [5.41, 5.74) is -0.108. The van der Waals surface area contributed by atoms with E-state index in [1.165, 1.54) is 0 Å². The van der Waals surface area contributed by atoms with Crippen LogP contribution in [0.4, 0.5) is 5.82 Å². The van der Waals surface area contributed by atoms with Crippen LogP contribution >= 0.6 is 23.2 Å². The van der Waals surface area contributed by atoms with Crippen molar-refractivity contribution in [1.29, 1.82) is 0 Å². The Morgan fingerprint density at radius 1 is 1.32 bits per heavy atom. The van der Waals surface area contributed by atoms with Gasteiger partial charge in [-0.05, 0) is 40.9 Å². The fraction of sp³-hybridized carbons (Fsp3) is 0.615. The van der Waals surface area contributed by atoms with Crippen LogP contribution in [0.5, 0.6) is 5.88 Å². The maximum absolute atomic E-state index is 6.10. The van der Waals surface area contributed by atoms with Crippen molar-refractivity contribution in [3.8, 4) is 5.88 Å². The van der Waals surface area contributed by atoms with Crippen LogP contribution in [0.2, 0.25) is 10.0 Å². The lowest BCUT2D eigenvalue weighted by Crippen LogP contribution is -2.43. The Balaban J connectivity index is 2.86. The van der Waals surface area contributed by atoms with Crippen molar-refractivity contribution in [3.05, 3.63) is 16.1 Å². The van der Waals surface area contributed by atoms with Crippen molar-refractivity contribution in [3.63, 3.8) is 0 Å². The van der Waals surface area contributed by atoms with Crippen molar-refractivity contribution in [2.45, 2.75) is 26.3 Å². The highest BCUT2D eigenvalue weighted by Gasteiger charge is 2.22. The van der Waals surface area contributed by atoms with E-state index in [1.807, 2.05) is 21.0 Å². The molecule has 108 valence electrons. The van der Waals surface area contributed by atoms with E-state index in [0.717, 1.165) is 6.54 Å². The van der Waals surface area contributed by atoms with Crippen LogP contribution in [0, 0.1) is 0 Å². The number of nitrogens with zero attached hydrogens (tertiary/aromatic N) is 2. The summed E-state index contributed by atoms with van der Waals surface area (Å²) in [5.74, 6) is 0.989. The minimum absolute atomic E-state index is 0.108. The van der Waals surface area contributed by atoms with E-state index in [-0.39, 0.29) is 5.54 Å². The topological polar surface area (TPSA) is 37.4 Å². The molecule has 0 unspecified atom stereocenters. The molecule has 0 aliphatic heterocycles. The molecule has 0 bridgehead atoms. The number of likely N-dealkylation sites (N-methyl/N-ethyl adjacent to an activating group) is 1. The average molecular weight is 306 g/mol. The highest BCUT2D eigenvalue weighted by atomic mass is 35.5. The summed E-state index contributed by atoms with van der Waals surface area (Å²) in [7, 11) is 4.01. The zero-order valence-electron chi connectivity index (χ0n) is 12.1. The number of hydrogen-bond donors (Lipinski definition) is 1. The lowest BCUT2D eigenvalue weighted by molar-refractivity contribution is 0.111. The van der Waals surface area contributed by atoms with E-state index < -0.39 is 0 Å². The quantitative estimate of drug-likeness (QED) is 0.872. The minimum atomic E-state index is -0.108. The number of ether oxygens (including phenoxy) is 1. The molecule has 0 saturated heterocycles. The Bertz CT molecular complexity index is 436. The first-order valence-corrected chi connectivity index (χ1v) is 6.93. The lowest BCUT2D eigenvalue weighted by atomic mass is 10.1. The summed E-state index contributed by atoms with van der Waals surface area (Å²) in [6.45, 7) is 7.36. The Hall–Kier alpha value is -0.710. The van der Waals surface area contributed by atoms with Gasteiger partial charge in [0.25, 0.3) is 0 Å². The second kappa shape index (κ2) is 6.64. The van der Waals surface area contributed by atoms with Crippen LogP contribution in [0.25, 0.3) is 0 Å². The molecule has 0 radical (unpaired) electrons. The standard InChI is InChI=1S/C13H21Cl2N3O/c1-6-16-11-9(14)7-10(15)12(17-11)19-8-13(2,3)18(4)5/h7H,6,8H2,1-5H3,(H,16,17). The van der Waals surface area contributed by atoms with Crippen LogP contribution in [0.3, 0.4) is 0 Å². The zero-order chi connectivity index (χ0) is 14.6. The van der Waals surface area contributed by atoms with Crippen molar-refractivity contribution in [2.24, 2.45) is 0 Å². The molecule has 1 aromatic rings. The Kier molecular flexibility index (Phi) is 5.71. The molecular formula is C13H21Cl2N3O. The van der Waals surface area contributed by atoms with Crippen LogP contribution in [0.1, 0.15) is 20.8 Å². The van der Waals surface area contributed by atoms with Crippen LogP contribution in [0.15, 0.2) is 6.07 Å². The molecule has 0 amide bonds. The van der Waals surface area contributed by atoms with E-state index >= 15 is 0 Å². The zero-order valence-corrected chi connectivity index (χ0v) is 13.6. The maximum Gasteiger partial charge on any atom is 0.234 e. The van der Waals surface area contributed by atoms with Crippen molar-refractivity contribution < 1.29 is 4.74 Å². The Labute approximate surface area is 125 Å². The van der Waals surface area contributed by atoms with Gasteiger partial charge >= 0.3 is 0 Å². The Morgan fingerprint density at radius 3 is 2.47 bits per heavy atom. The first-order valence-electron chi connectivity index (χ1n) is 6.18. The maximum atomic E-state index is 6.10. The van der Waals surface area contributed by atoms with Gasteiger partial charge in [-0.15, -0.1) is 0 Å². The second-order valence-corrected chi connectivity index (χ2v) is 5.95. The fourth-order valence-electron chi connectivity index (χ4n) is 1.22. The highest BCUT2D eigenvalue weighted by Crippen LogP contribution is 2.31. The number of aromatic nitrogens is 1. The van der Waals surface area contributed by atoms with E-state index in [4.69, 9.17) is 27.9 Å². The number of anilines is 1. The predicted molar refractivity (Wildman–Crippen MR) is 81.7 cm³/mol. The van der Waals surface area contributed by atoms with Gasteiger partial charge < -0.3 is 15.0 Å². The molecule has 0 fully saturated rings. The van der Waals surface area contributed by atoms with Crippen LogP contribution in [-0.2, 0) is 0 Å². The summed E-state index contributed by atoms with van der Waals surface area (Å²) >= 11 is 12.1. The third-order valence-corrected chi connectivity index (χ3v) is 3.57. The van der Waals surface area contributed by atoms with E-state index in [0.29, 0.717) is 28.3 Å². The number of halogens is 2. The first-order chi connectivity index (χ1) is 8.77. The summed E-state index contributed by atoms with van der Waals surface area (Å²) in [5, 5.41) is 3.98. The predicted octanol–water partition coefficient (Wildman–Crippen LogP) is 3.54. The number of hydrogen-bond acceptors (Lipinski definition) is 4. The molecule has 6 heteroatoms. The normalized spacial score (nSPS) is 11.8. The lowest BCUT2D eigenvalue weighted by Gasteiger charge is -2.32. The van der Waals surface area contributed by atoms with Gasteiger partial charge in [0.2, 0.25) is 5.88 Å². The number of nitrogens with one attached hydrogen (secondary N) is 1. The van der Waals surface area contributed by atoms with E-state index in [9.17, 15) is 0 Å². The SMILES string of the molecule is CCNc1nc(OCC(C)(C)N(C)C)c(Cl)cc1Cl. The first kappa shape index (κ1) is 16.3. The molecule has 0 aliphatic carbocycles. The number of rotatable bonds is 6.